The first-order chi connectivity index (χ1) is 20.3. The molecule has 0 fully saturated rings. The molecule has 0 spiro atoms. The summed E-state index contributed by atoms with van der Waals surface area (Å²) in [4.78, 5) is 20.6. The molecule has 2 aromatic carbocycles. The monoisotopic (exact) mass is 645 g/mol. The van der Waals surface area contributed by atoms with E-state index in [0.29, 0.717) is 12.8 Å². The minimum atomic E-state index is -4.77. The van der Waals surface area contributed by atoms with Gasteiger partial charge < -0.3 is 19.7 Å². The first-order valence-corrected chi connectivity index (χ1v) is 15.7. The third-order valence-electron chi connectivity index (χ3n) is 6.35. The molecular weight excluding hydrogens is 612 g/mol. The van der Waals surface area contributed by atoms with E-state index in [2.05, 4.69) is 9.47 Å². The van der Waals surface area contributed by atoms with E-state index in [1.165, 1.54) is 49.6 Å². The first kappa shape index (κ1) is 35.7. The predicted molar refractivity (Wildman–Crippen MR) is 150 cm³/mol. The summed E-state index contributed by atoms with van der Waals surface area (Å²) in [5.74, 6) is -1.81. The summed E-state index contributed by atoms with van der Waals surface area (Å²) in [5.41, 5.74) is 0. The highest BCUT2D eigenvalue weighted by Crippen LogP contribution is 2.26. The number of halogens is 2. The number of carbonyl (C=O) groups is 2. The van der Waals surface area contributed by atoms with Crippen molar-refractivity contribution in [2.24, 2.45) is 11.8 Å². The summed E-state index contributed by atoms with van der Waals surface area (Å²) in [6, 6.07) is 13.0. The Morgan fingerprint density at radius 1 is 0.837 bits per heavy atom. The molecule has 0 bridgehead atoms. The van der Waals surface area contributed by atoms with E-state index in [9.17, 15) is 40.4 Å². The van der Waals surface area contributed by atoms with Crippen LogP contribution in [0.25, 0.3) is 0 Å². The number of aliphatic hydroxyl groups excluding tert-OH is 2. The van der Waals surface area contributed by atoms with Gasteiger partial charge in [-0.05, 0) is 37.1 Å². The number of alkyl halides is 1. The van der Waals surface area contributed by atoms with E-state index in [1.54, 1.807) is 12.2 Å². The molecule has 1 unspecified atom stereocenters. The summed E-state index contributed by atoms with van der Waals surface area (Å²) in [6.07, 6.45) is 5.17. The van der Waals surface area contributed by atoms with Crippen molar-refractivity contribution in [3.63, 3.8) is 0 Å². The van der Waals surface area contributed by atoms with Gasteiger partial charge in [0.2, 0.25) is 6.17 Å². The number of nitrogens with zero attached hydrogens (tertiary/aromatic N) is 1. The number of rotatable bonds is 8. The van der Waals surface area contributed by atoms with E-state index in [1.807, 2.05) is 6.08 Å². The van der Waals surface area contributed by atoms with Crippen molar-refractivity contribution < 1.29 is 55.0 Å². The molecule has 15 heteroatoms. The molecule has 11 nitrogen and oxygen atoms in total. The maximum absolute atomic E-state index is 14.0. The summed E-state index contributed by atoms with van der Waals surface area (Å²) in [5, 5.41) is 18.4. The molecule has 2 aliphatic carbocycles. The van der Waals surface area contributed by atoms with Gasteiger partial charge in [0.25, 0.3) is 20.0 Å². The molecule has 2 aromatic rings. The lowest BCUT2D eigenvalue weighted by Crippen LogP contribution is -2.31. The first-order valence-electron chi connectivity index (χ1n) is 12.8. The van der Waals surface area contributed by atoms with Crippen LogP contribution in [-0.2, 0) is 39.1 Å². The van der Waals surface area contributed by atoms with Crippen LogP contribution in [0.5, 0.6) is 0 Å². The van der Waals surface area contributed by atoms with Gasteiger partial charge in [0.15, 0.2) is 0 Å². The van der Waals surface area contributed by atoms with Crippen molar-refractivity contribution in [1.29, 1.82) is 0 Å². The van der Waals surface area contributed by atoms with Crippen molar-refractivity contribution >= 4 is 32.0 Å². The molecule has 0 radical (unpaired) electrons. The number of hydrogen-bond donors (Lipinski definition) is 2. The van der Waals surface area contributed by atoms with Gasteiger partial charge in [-0.25, -0.2) is 26.0 Å². The number of esters is 2. The van der Waals surface area contributed by atoms with Gasteiger partial charge in [0.1, 0.15) is 0 Å². The van der Waals surface area contributed by atoms with Crippen LogP contribution in [0, 0.1) is 11.8 Å². The second-order valence-electron chi connectivity index (χ2n) is 9.23. The number of ether oxygens (including phenoxy) is 2. The van der Waals surface area contributed by atoms with Crippen LogP contribution in [0.3, 0.4) is 0 Å². The van der Waals surface area contributed by atoms with Crippen LogP contribution in [0.15, 0.2) is 94.8 Å². The van der Waals surface area contributed by atoms with E-state index in [4.69, 9.17) is 5.11 Å². The van der Waals surface area contributed by atoms with E-state index >= 15 is 0 Å². The van der Waals surface area contributed by atoms with Crippen molar-refractivity contribution in [3.8, 4) is 0 Å². The predicted octanol–water partition coefficient (Wildman–Crippen LogP) is 2.87. The molecular formula is C28H33F2NO10S2. The van der Waals surface area contributed by atoms with Gasteiger partial charge >= 0.3 is 11.9 Å². The van der Waals surface area contributed by atoms with Gasteiger partial charge in [-0.2, -0.15) is 0 Å². The fourth-order valence-corrected chi connectivity index (χ4v) is 6.79. The number of allylic oxidation sites excluding steroid dienone is 2. The van der Waals surface area contributed by atoms with Crippen molar-refractivity contribution in [2.75, 3.05) is 14.2 Å². The highest BCUT2D eigenvalue weighted by atomic mass is 32.3. The van der Waals surface area contributed by atoms with Gasteiger partial charge in [-0.15, -0.1) is 4.48 Å². The molecule has 0 amide bonds. The Morgan fingerprint density at radius 3 is 1.67 bits per heavy atom. The van der Waals surface area contributed by atoms with Gasteiger partial charge in [0, 0.05) is 11.8 Å². The second-order valence-corrected chi connectivity index (χ2v) is 12.9. The fraction of sp³-hybridized carbons (Fsp3) is 0.357. The van der Waals surface area contributed by atoms with Gasteiger partial charge in [-0.1, -0.05) is 60.7 Å². The minimum Gasteiger partial charge on any atom is -0.469 e. The highest BCUT2D eigenvalue weighted by molar-refractivity contribution is 8.03. The number of methoxy groups -OCH3 is 2. The molecule has 0 aromatic heterocycles. The second kappa shape index (κ2) is 16.4. The van der Waals surface area contributed by atoms with Crippen LogP contribution in [0.4, 0.5) is 8.87 Å². The van der Waals surface area contributed by atoms with E-state index < -0.39 is 64.0 Å². The Kier molecular flexibility index (Phi) is 13.6. The normalized spacial score (nSPS) is 21.7. The quantitative estimate of drug-likeness (QED) is 0.248. The number of hydrogen-bond acceptors (Lipinski definition) is 10. The Hall–Kier alpha value is -3.50. The van der Waals surface area contributed by atoms with Crippen LogP contribution >= 0.6 is 0 Å². The molecule has 236 valence electrons. The Morgan fingerprint density at radius 2 is 1.30 bits per heavy atom. The average Bonchev–Trinajstić information content (AvgIpc) is 3.64. The van der Waals surface area contributed by atoms with Crippen LogP contribution in [0.1, 0.15) is 19.3 Å². The molecule has 43 heavy (non-hydrogen) atoms. The zero-order valence-corrected chi connectivity index (χ0v) is 24.9. The summed E-state index contributed by atoms with van der Waals surface area (Å²) in [6.45, 7) is 0. The molecule has 4 rings (SSSR count). The Balaban J connectivity index is 0.000000241. The molecule has 0 saturated carbocycles. The lowest BCUT2D eigenvalue weighted by molar-refractivity contribution is -0.150. The number of aliphatic hydroxyl groups is 2. The van der Waals surface area contributed by atoms with Crippen LogP contribution < -0.4 is 0 Å². The van der Waals surface area contributed by atoms with Crippen molar-refractivity contribution in [3.05, 3.63) is 85.0 Å². The lowest BCUT2D eigenvalue weighted by Gasteiger charge is -2.16. The Bertz CT molecular complexity index is 1400. The maximum atomic E-state index is 14.0. The third kappa shape index (κ3) is 9.76. The topological polar surface area (TPSA) is 165 Å². The van der Waals surface area contributed by atoms with Gasteiger partial charge in [0.05, 0.1) is 46.6 Å². The average molecular weight is 646 g/mol. The standard InChI is InChI=1S/C12H10FNO4S2.C8H11FO3.C8H12O3/c13-14(19(15,16)11-7-3-1-4-8-11)20(17,18)12-9-5-2-6-10-12;1-12-8(11)7(9)5-3-2-4-6(5)10;1-11-8(10)5-6-3-2-4-7(6)9/h1-10H;2,4-7,10H,3H2,1H3;2,4,6-7,9H,3,5H2,1H3/t;5-,6-,7?;6-,7+/m.10/s1. The summed E-state index contributed by atoms with van der Waals surface area (Å²) < 4.78 is 82.4. The third-order valence-corrected chi connectivity index (χ3v) is 10.0. The smallest absolute Gasteiger partial charge is 0.340 e. The highest BCUT2D eigenvalue weighted by Gasteiger charge is 2.37. The zero-order valence-electron chi connectivity index (χ0n) is 23.3. The lowest BCUT2D eigenvalue weighted by atomic mass is 9.99. The molecule has 2 N–H and O–H groups in total. The largest absolute Gasteiger partial charge is 0.469 e. The van der Waals surface area contributed by atoms with E-state index in [0.717, 1.165) is 37.8 Å². The molecule has 0 aliphatic heterocycles. The molecule has 0 saturated heterocycles. The SMILES string of the molecule is COC(=O)C(F)[C@@H]1CC=C[C@H]1O.COC(=O)C[C@@H]1CC=C[C@H]1O.O=S(=O)(c1ccccc1)N(F)S(=O)(=O)c1ccccc1. The van der Waals surface area contributed by atoms with Crippen LogP contribution in [0.2, 0.25) is 0 Å². The molecule has 2 aliphatic rings. The van der Waals surface area contributed by atoms with Crippen molar-refractivity contribution in [1.82, 2.24) is 3.93 Å². The Labute approximate surface area is 249 Å². The maximum Gasteiger partial charge on any atom is 0.340 e. The number of carbonyl (C=O) groups excluding carboxylic acids is 2. The number of benzene rings is 2. The zero-order chi connectivity index (χ0) is 32.2. The van der Waals surface area contributed by atoms with Crippen LogP contribution in [-0.4, -0.2) is 75.5 Å². The molecule has 5 atom stereocenters. The van der Waals surface area contributed by atoms with Crippen molar-refractivity contribution in [2.45, 2.75) is 47.4 Å². The van der Waals surface area contributed by atoms with Gasteiger partial charge in [-0.3, -0.25) is 4.79 Å². The summed E-state index contributed by atoms with van der Waals surface area (Å²) >= 11 is 0. The molecule has 0 heterocycles. The van der Waals surface area contributed by atoms with E-state index in [-0.39, 0.29) is 11.9 Å². The minimum absolute atomic E-state index is 0.0300. The summed E-state index contributed by atoms with van der Waals surface area (Å²) in [7, 11) is -7.05. The number of sulfonamides is 2. The fourth-order valence-electron chi connectivity index (χ4n) is 3.91.